The lowest BCUT2D eigenvalue weighted by atomic mass is 9.82. The maximum absolute atomic E-state index is 12.7. The largest absolute Gasteiger partial charge is 0.529 e. The molecule has 1 aromatic rings. The van der Waals surface area contributed by atoms with Gasteiger partial charge in [-0.05, 0) is 45.3 Å². The molecule has 0 radical (unpaired) electrons. The van der Waals surface area contributed by atoms with Crippen LogP contribution in [0.5, 0.6) is 5.75 Å². The predicted molar refractivity (Wildman–Crippen MR) is 94.2 cm³/mol. The van der Waals surface area contributed by atoms with Crippen LogP contribution in [0, 0.1) is 0 Å². The van der Waals surface area contributed by atoms with Crippen molar-refractivity contribution in [1.29, 1.82) is 0 Å². The smallest absolute Gasteiger partial charge is 0.496 e. The molecule has 0 saturated carbocycles. The number of phosphoric acid groups is 1. The van der Waals surface area contributed by atoms with Crippen LogP contribution in [-0.2, 0) is 18.1 Å². The molecule has 1 aliphatic carbocycles. The lowest BCUT2D eigenvalue weighted by molar-refractivity contribution is 0.140. The van der Waals surface area contributed by atoms with Crippen LogP contribution in [-0.4, -0.2) is 20.3 Å². The van der Waals surface area contributed by atoms with E-state index in [0.29, 0.717) is 5.76 Å². The maximum atomic E-state index is 12.7. The number of benzene rings is 1. The van der Waals surface area contributed by atoms with Crippen LogP contribution < -0.4 is 4.74 Å². The first-order valence-corrected chi connectivity index (χ1v) is 9.92. The Bertz CT molecular complexity index is 616. The first kappa shape index (κ1) is 19.0. The number of hydrogen-bond acceptors (Lipinski definition) is 5. The predicted octanol–water partition coefficient (Wildman–Crippen LogP) is 5.43. The summed E-state index contributed by atoms with van der Waals surface area (Å²) in [5, 5.41) is 0. The summed E-state index contributed by atoms with van der Waals surface area (Å²) in [7, 11) is -1.87. The fourth-order valence-electron chi connectivity index (χ4n) is 3.08. The molecule has 1 unspecified atom stereocenters. The molecule has 0 bridgehead atoms. The van der Waals surface area contributed by atoms with E-state index >= 15 is 0 Å². The zero-order valence-corrected chi connectivity index (χ0v) is 15.8. The summed E-state index contributed by atoms with van der Waals surface area (Å²) in [6.07, 6.45) is 2.70. The van der Waals surface area contributed by atoms with Gasteiger partial charge in [0.15, 0.2) is 0 Å². The molecule has 5 nitrogen and oxygen atoms in total. The van der Waals surface area contributed by atoms with Crippen molar-refractivity contribution in [3.63, 3.8) is 0 Å². The highest BCUT2D eigenvalue weighted by molar-refractivity contribution is 7.48. The molecule has 0 N–H and O–H groups in total. The zero-order chi connectivity index (χ0) is 17.6. The van der Waals surface area contributed by atoms with Crippen LogP contribution in [0.3, 0.4) is 0 Å². The van der Waals surface area contributed by atoms with E-state index in [0.717, 1.165) is 36.1 Å². The monoisotopic (exact) mass is 354 g/mol. The minimum atomic E-state index is -3.55. The molecule has 1 atom stereocenters. The van der Waals surface area contributed by atoms with Gasteiger partial charge in [-0.15, -0.1) is 0 Å². The molecular weight excluding hydrogens is 327 g/mol. The summed E-state index contributed by atoms with van der Waals surface area (Å²) in [5.74, 6) is 1.75. The quantitative estimate of drug-likeness (QED) is 0.582. The Balaban J connectivity index is 2.31. The molecule has 6 heteroatoms. The third-order valence-corrected chi connectivity index (χ3v) is 5.76. The van der Waals surface area contributed by atoms with Crippen molar-refractivity contribution in [3.8, 4) is 5.75 Å². The number of rotatable bonds is 8. The van der Waals surface area contributed by atoms with E-state index in [2.05, 4.69) is 6.07 Å². The molecule has 0 aliphatic heterocycles. The van der Waals surface area contributed by atoms with E-state index in [-0.39, 0.29) is 19.1 Å². The first-order chi connectivity index (χ1) is 11.5. The third kappa shape index (κ3) is 4.41. The van der Waals surface area contributed by atoms with Crippen molar-refractivity contribution < 1.29 is 22.9 Å². The molecule has 1 aliphatic rings. The summed E-state index contributed by atoms with van der Waals surface area (Å²) < 4.78 is 34.4. The third-order valence-electron chi connectivity index (χ3n) is 4.17. The van der Waals surface area contributed by atoms with Gasteiger partial charge in [0.25, 0.3) is 0 Å². The number of hydrogen-bond donors (Lipinski definition) is 0. The topological polar surface area (TPSA) is 54.0 Å². The van der Waals surface area contributed by atoms with Crippen molar-refractivity contribution in [1.82, 2.24) is 0 Å². The van der Waals surface area contributed by atoms with Crippen LogP contribution in [0.15, 0.2) is 35.6 Å². The number of phosphoric ester groups is 1. The summed E-state index contributed by atoms with van der Waals surface area (Å²) in [6, 6.07) is 8.00. The Morgan fingerprint density at radius 3 is 2.46 bits per heavy atom. The minimum absolute atomic E-state index is 0.182. The van der Waals surface area contributed by atoms with E-state index in [9.17, 15) is 4.57 Å². The summed E-state index contributed by atoms with van der Waals surface area (Å²) in [5.41, 5.74) is 2.19. The molecule has 0 aromatic heterocycles. The van der Waals surface area contributed by atoms with Gasteiger partial charge in [-0.3, -0.25) is 9.05 Å². The van der Waals surface area contributed by atoms with Gasteiger partial charge in [0.05, 0.1) is 20.3 Å². The van der Waals surface area contributed by atoms with Crippen molar-refractivity contribution in [2.24, 2.45) is 0 Å². The Morgan fingerprint density at radius 1 is 1.17 bits per heavy atom. The number of ether oxygens (including phenoxy) is 1. The van der Waals surface area contributed by atoms with Gasteiger partial charge in [0.1, 0.15) is 11.5 Å². The lowest BCUT2D eigenvalue weighted by Crippen LogP contribution is -2.12. The van der Waals surface area contributed by atoms with Crippen LogP contribution in [0.25, 0.3) is 0 Å². The highest BCUT2D eigenvalue weighted by Crippen LogP contribution is 2.54. The zero-order valence-electron chi connectivity index (χ0n) is 14.9. The second kappa shape index (κ2) is 8.70. The van der Waals surface area contributed by atoms with Crippen LogP contribution in [0.2, 0.25) is 0 Å². The summed E-state index contributed by atoms with van der Waals surface area (Å²) in [4.78, 5) is 0. The normalized spacial score (nSPS) is 18.6. The van der Waals surface area contributed by atoms with Gasteiger partial charge in [-0.2, -0.15) is 0 Å². The van der Waals surface area contributed by atoms with E-state index < -0.39 is 7.82 Å². The number of allylic oxidation sites excluding steroid dienone is 2. The van der Waals surface area contributed by atoms with Crippen LogP contribution >= 0.6 is 7.82 Å². The average molecular weight is 354 g/mol. The van der Waals surface area contributed by atoms with Crippen LogP contribution in [0.4, 0.5) is 0 Å². The molecule has 24 heavy (non-hydrogen) atoms. The highest BCUT2D eigenvalue weighted by Gasteiger charge is 2.32. The van der Waals surface area contributed by atoms with E-state index in [1.54, 1.807) is 21.0 Å². The molecule has 0 spiro atoms. The standard InChI is InChI=1S/C18H27O5P/c1-5-21-24(19,22-6-2)23-17-13-9-11-15(14(17)3)16-10-7-8-12-18(16)20-4/h7-8,10,12,15H,5-6,9,11,13H2,1-4H3. The van der Waals surface area contributed by atoms with E-state index in [1.165, 1.54) is 0 Å². The molecular formula is C18H27O5P. The van der Waals surface area contributed by atoms with E-state index in [1.807, 2.05) is 25.1 Å². The Morgan fingerprint density at radius 2 is 1.83 bits per heavy atom. The van der Waals surface area contributed by atoms with Gasteiger partial charge >= 0.3 is 7.82 Å². The van der Waals surface area contributed by atoms with Crippen molar-refractivity contribution in [3.05, 3.63) is 41.2 Å². The van der Waals surface area contributed by atoms with Crippen molar-refractivity contribution >= 4 is 7.82 Å². The number of para-hydroxylation sites is 1. The molecule has 0 heterocycles. The second-order valence-corrected chi connectivity index (χ2v) is 7.26. The average Bonchev–Trinajstić information content (AvgIpc) is 2.57. The number of methoxy groups -OCH3 is 1. The lowest BCUT2D eigenvalue weighted by Gasteiger charge is -2.29. The summed E-state index contributed by atoms with van der Waals surface area (Å²) >= 11 is 0. The molecule has 0 fully saturated rings. The van der Waals surface area contributed by atoms with Crippen molar-refractivity contribution in [2.75, 3.05) is 20.3 Å². The Hall–Kier alpha value is -1.29. The van der Waals surface area contributed by atoms with Gasteiger partial charge in [-0.1, -0.05) is 18.2 Å². The van der Waals surface area contributed by atoms with Crippen molar-refractivity contribution in [2.45, 2.75) is 46.0 Å². The molecule has 1 aromatic carbocycles. The first-order valence-electron chi connectivity index (χ1n) is 8.45. The summed E-state index contributed by atoms with van der Waals surface area (Å²) in [6.45, 7) is 6.12. The fourth-order valence-corrected chi connectivity index (χ4v) is 4.39. The molecule has 134 valence electrons. The van der Waals surface area contributed by atoms with E-state index in [4.69, 9.17) is 18.3 Å². The van der Waals surface area contributed by atoms with Gasteiger partial charge < -0.3 is 9.26 Å². The van der Waals surface area contributed by atoms with Gasteiger partial charge in [-0.25, -0.2) is 4.57 Å². The Labute approximate surface area is 144 Å². The molecule has 2 rings (SSSR count). The second-order valence-electron chi connectivity index (χ2n) is 5.67. The minimum Gasteiger partial charge on any atom is -0.496 e. The van der Waals surface area contributed by atoms with Crippen LogP contribution in [0.1, 0.15) is 51.5 Å². The molecule has 0 saturated heterocycles. The van der Waals surface area contributed by atoms with Gasteiger partial charge in [0, 0.05) is 17.9 Å². The van der Waals surface area contributed by atoms with Gasteiger partial charge in [0.2, 0.25) is 0 Å². The SMILES string of the molecule is CCOP(=O)(OCC)OC1=C(C)C(c2ccccc2OC)CCC1. The molecule has 0 amide bonds. The maximum Gasteiger partial charge on any atom is 0.529 e. The fraction of sp³-hybridized carbons (Fsp3) is 0.556. The Kier molecular flexibility index (Phi) is 6.90. The highest BCUT2D eigenvalue weighted by atomic mass is 31.2.